The van der Waals surface area contributed by atoms with E-state index in [0.717, 1.165) is 28.5 Å². The van der Waals surface area contributed by atoms with Crippen molar-refractivity contribution in [3.63, 3.8) is 0 Å². The van der Waals surface area contributed by atoms with Crippen LogP contribution in [-0.2, 0) is 24.5 Å². The number of carbonyl (C=O) groups is 4. The Labute approximate surface area is 196 Å². The molecule has 1 saturated heterocycles. The average molecular weight is 451 g/mol. The van der Waals surface area contributed by atoms with E-state index in [0.29, 0.717) is 11.3 Å². The van der Waals surface area contributed by atoms with Crippen LogP contribution in [-0.4, -0.2) is 30.7 Å². The molecule has 0 unspecified atom stereocenters. The van der Waals surface area contributed by atoms with Crippen LogP contribution >= 0.6 is 0 Å². The number of ether oxygens (including phenoxy) is 1. The first kappa shape index (κ1) is 20.5. The van der Waals surface area contributed by atoms with Gasteiger partial charge in [-0.05, 0) is 53.4 Å². The summed E-state index contributed by atoms with van der Waals surface area (Å²) in [6.45, 7) is 1.98. The third kappa shape index (κ3) is 2.40. The van der Waals surface area contributed by atoms with E-state index in [1.165, 1.54) is 4.90 Å². The Morgan fingerprint density at radius 1 is 0.912 bits per heavy atom. The topological polar surface area (TPSA) is 80.8 Å². The van der Waals surface area contributed by atoms with Gasteiger partial charge >= 0.3 is 5.97 Å². The van der Waals surface area contributed by atoms with Crippen molar-refractivity contribution in [3.8, 4) is 0 Å². The molecule has 0 saturated carbocycles. The smallest absolute Gasteiger partial charge is 0.338 e. The third-order valence-electron chi connectivity index (χ3n) is 7.51. The average Bonchev–Trinajstić information content (AvgIpc) is 3.15. The molecule has 168 valence electrons. The molecule has 6 nitrogen and oxygen atoms in total. The van der Waals surface area contributed by atoms with Crippen molar-refractivity contribution >= 4 is 29.8 Å². The Kier molecular flexibility index (Phi) is 4.36. The van der Waals surface area contributed by atoms with E-state index in [-0.39, 0.29) is 24.3 Å². The Hall–Kier alpha value is -4.06. The maximum Gasteiger partial charge on any atom is 0.338 e. The lowest BCUT2D eigenvalue weighted by Crippen LogP contribution is -2.54. The monoisotopic (exact) mass is 451 g/mol. The fourth-order valence-corrected chi connectivity index (χ4v) is 6.25. The minimum Gasteiger partial charge on any atom is -0.462 e. The zero-order chi connectivity index (χ0) is 23.6. The van der Waals surface area contributed by atoms with E-state index in [4.69, 9.17) is 4.74 Å². The molecule has 2 atom stereocenters. The number of esters is 1. The highest BCUT2D eigenvalue weighted by molar-refractivity contribution is 6.24. The summed E-state index contributed by atoms with van der Waals surface area (Å²) in [6.07, 6.45) is 0.857. The number of imide groups is 1. The number of amides is 2. The van der Waals surface area contributed by atoms with E-state index in [2.05, 4.69) is 0 Å². The predicted octanol–water partition coefficient (Wildman–Crippen LogP) is 3.61. The minimum atomic E-state index is -1.22. The Morgan fingerprint density at radius 3 is 2.06 bits per heavy atom. The van der Waals surface area contributed by atoms with Crippen molar-refractivity contribution < 1.29 is 23.9 Å². The number of rotatable bonds is 4. The lowest BCUT2D eigenvalue weighted by atomic mass is 9.48. The minimum absolute atomic E-state index is 0.253. The largest absolute Gasteiger partial charge is 0.462 e. The Morgan fingerprint density at radius 2 is 1.50 bits per heavy atom. The van der Waals surface area contributed by atoms with E-state index in [1.807, 2.05) is 48.5 Å². The van der Waals surface area contributed by atoms with Gasteiger partial charge in [-0.25, -0.2) is 9.69 Å². The second kappa shape index (κ2) is 7.22. The van der Waals surface area contributed by atoms with Gasteiger partial charge in [0.1, 0.15) is 6.29 Å². The zero-order valence-corrected chi connectivity index (χ0v) is 18.4. The normalized spacial score (nSPS) is 26.0. The molecule has 0 radical (unpaired) electrons. The number of aldehydes is 1. The number of anilines is 1. The first-order valence-electron chi connectivity index (χ1n) is 11.3. The molecule has 1 aliphatic heterocycles. The van der Waals surface area contributed by atoms with Crippen LogP contribution in [0.5, 0.6) is 0 Å². The van der Waals surface area contributed by atoms with Crippen molar-refractivity contribution in [2.45, 2.75) is 18.3 Å². The first-order chi connectivity index (χ1) is 16.5. The van der Waals surface area contributed by atoms with Crippen molar-refractivity contribution in [1.29, 1.82) is 0 Å². The molecule has 1 heterocycles. The third-order valence-corrected chi connectivity index (χ3v) is 7.51. The molecule has 3 aromatic rings. The molecule has 3 aromatic carbocycles. The fraction of sp³-hybridized carbons (Fsp3) is 0.214. The molecular formula is C28H21NO5. The van der Waals surface area contributed by atoms with Gasteiger partial charge in [-0.1, -0.05) is 48.5 Å². The molecule has 0 N–H and O–H groups in total. The molecule has 34 heavy (non-hydrogen) atoms. The molecule has 7 rings (SSSR count). The number of carbonyl (C=O) groups excluding carboxylic acids is 4. The van der Waals surface area contributed by atoms with Crippen LogP contribution < -0.4 is 4.90 Å². The molecule has 3 aliphatic carbocycles. The van der Waals surface area contributed by atoms with Gasteiger partial charge < -0.3 is 9.53 Å². The zero-order valence-electron chi connectivity index (χ0n) is 18.4. The standard InChI is InChI=1S/C28H21NO5/c1-2-34-27(33)16-11-13-17(14-12-16)29-25(31)23-22-18-7-3-5-9-20(18)28(15-30,24(23)26(29)32)21-10-6-4-8-19(21)22/h3-15,22-24H,2H2,1H3/t22?,23-,24-,28?/m1/s1. The van der Waals surface area contributed by atoms with Gasteiger partial charge in [0.05, 0.1) is 35.1 Å². The van der Waals surface area contributed by atoms with Crippen LogP contribution in [0.25, 0.3) is 0 Å². The van der Waals surface area contributed by atoms with Gasteiger partial charge in [0, 0.05) is 5.92 Å². The van der Waals surface area contributed by atoms with E-state index < -0.39 is 23.2 Å². The van der Waals surface area contributed by atoms with Gasteiger partial charge in [0.2, 0.25) is 11.8 Å². The second-order valence-electron chi connectivity index (χ2n) is 8.92. The fourth-order valence-electron chi connectivity index (χ4n) is 6.25. The first-order valence-corrected chi connectivity index (χ1v) is 11.3. The quantitative estimate of drug-likeness (QED) is 0.344. The summed E-state index contributed by atoms with van der Waals surface area (Å²) in [7, 11) is 0. The predicted molar refractivity (Wildman–Crippen MR) is 123 cm³/mol. The number of hydrogen-bond acceptors (Lipinski definition) is 5. The summed E-state index contributed by atoms with van der Waals surface area (Å²) in [6, 6.07) is 21.5. The van der Waals surface area contributed by atoms with Crippen molar-refractivity contribution in [3.05, 3.63) is 101 Å². The highest BCUT2D eigenvalue weighted by Gasteiger charge is 2.68. The molecule has 2 amide bonds. The summed E-state index contributed by atoms with van der Waals surface area (Å²) in [4.78, 5) is 53.9. The van der Waals surface area contributed by atoms with E-state index in [1.54, 1.807) is 31.2 Å². The molecular weight excluding hydrogens is 430 g/mol. The summed E-state index contributed by atoms with van der Waals surface area (Å²) >= 11 is 0. The van der Waals surface area contributed by atoms with Crippen molar-refractivity contribution in [2.75, 3.05) is 11.5 Å². The van der Waals surface area contributed by atoms with E-state index in [9.17, 15) is 19.2 Å². The van der Waals surface area contributed by atoms with Gasteiger partial charge in [0.25, 0.3) is 0 Å². The molecule has 2 bridgehead atoms. The Balaban J connectivity index is 1.51. The number of benzene rings is 3. The molecule has 0 spiro atoms. The number of nitrogens with zero attached hydrogens (tertiary/aromatic N) is 1. The summed E-state index contributed by atoms with van der Waals surface area (Å²) < 4.78 is 5.02. The van der Waals surface area contributed by atoms with Crippen molar-refractivity contribution in [2.24, 2.45) is 11.8 Å². The van der Waals surface area contributed by atoms with Crippen LogP contribution in [0.2, 0.25) is 0 Å². The lowest BCUT2D eigenvalue weighted by molar-refractivity contribution is -0.128. The van der Waals surface area contributed by atoms with E-state index >= 15 is 0 Å². The van der Waals surface area contributed by atoms with Crippen LogP contribution in [0.3, 0.4) is 0 Å². The number of hydrogen-bond donors (Lipinski definition) is 0. The van der Waals surface area contributed by atoms with Crippen LogP contribution in [0.15, 0.2) is 72.8 Å². The highest BCUT2D eigenvalue weighted by Crippen LogP contribution is 2.63. The summed E-state index contributed by atoms with van der Waals surface area (Å²) in [5, 5.41) is 0. The van der Waals surface area contributed by atoms with Gasteiger partial charge in [-0.2, -0.15) is 0 Å². The van der Waals surface area contributed by atoms with Crippen molar-refractivity contribution in [1.82, 2.24) is 0 Å². The molecule has 1 fully saturated rings. The summed E-state index contributed by atoms with van der Waals surface area (Å²) in [5.41, 5.74) is 2.95. The molecule has 6 heteroatoms. The highest BCUT2D eigenvalue weighted by atomic mass is 16.5. The lowest BCUT2D eigenvalue weighted by Gasteiger charge is -2.51. The van der Waals surface area contributed by atoms with Crippen LogP contribution in [0.1, 0.15) is 45.5 Å². The maximum atomic E-state index is 13.9. The maximum absolute atomic E-state index is 13.9. The molecule has 0 aromatic heterocycles. The van der Waals surface area contributed by atoms with Crippen LogP contribution in [0, 0.1) is 11.8 Å². The summed E-state index contributed by atoms with van der Waals surface area (Å²) in [5.74, 6) is -2.98. The molecule has 4 aliphatic rings. The second-order valence-corrected chi connectivity index (χ2v) is 8.92. The Bertz CT molecular complexity index is 1330. The van der Waals surface area contributed by atoms with Gasteiger partial charge in [0.15, 0.2) is 0 Å². The van der Waals surface area contributed by atoms with Gasteiger partial charge in [-0.15, -0.1) is 0 Å². The SMILES string of the molecule is CCOC(=O)c1ccc(N2C(=O)[C@@H]3C4c5ccccc5C(C=O)(c5ccccc54)[C@H]3C2=O)cc1. The van der Waals surface area contributed by atoms with Gasteiger partial charge in [-0.3, -0.25) is 9.59 Å². The van der Waals surface area contributed by atoms with Crippen LogP contribution in [0.4, 0.5) is 5.69 Å².